The maximum Gasteiger partial charge on any atom is 0.408 e. The molecule has 1 amide bonds. The molecule has 0 aliphatic carbocycles. The van der Waals surface area contributed by atoms with E-state index in [0.717, 1.165) is 5.56 Å². The van der Waals surface area contributed by atoms with E-state index < -0.39 is 35.4 Å². The second-order valence-electron chi connectivity index (χ2n) is 7.12. The minimum absolute atomic E-state index is 0.000110. The monoisotopic (exact) mass is 396 g/mol. The lowest BCUT2D eigenvalue weighted by molar-refractivity contribution is -0.161. The molecule has 6 nitrogen and oxygen atoms in total. The summed E-state index contributed by atoms with van der Waals surface area (Å²) >= 11 is 1.49. The van der Waals surface area contributed by atoms with Gasteiger partial charge in [-0.05, 0) is 51.7 Å². The van der Waals surface area contributed by atoms with Crippen LogP contribution in [0.1, 0.15) is 39.7 Å². The first-order valence-corrected chi connectivity index (χ1v) is 10.2. The summed E-state index contributed by atoms with van der Waals surface area (Å²) in [6.45, 7) is 6.58. The van der Waals surface area contributed by atoms with Gasteiger partial charge in [-0.1, -0.05) is 30.3 Å². The molecule has 0 aromatic heterocycles. The summed E-state index contributed by atoms with van der Waals surface area (Å²) in [5.74, 6) is -1.73. The van der Waals surface area contributed by atoms with Gasteiger partial charge in [-0.25, -0.2) is 4.79 Å². The summed E-state index contributed by atoms with van der Waals surface area (Å²) in [5.41, 5.74) is 0.0497. The number of nitrogens with one attached hydrogen (secondary N) is 1. The summed E-state index contributed by atoms with van der Waals surface area (Å²) in [7, 11) is 0. The van der Waals surface area contributed by atoms with Gasteiger partial charge >= 0.3 is 12.1 Å². The molecule has 1 rings (SSSR count). The number of carbonyl (C=O) groups excluding carboxylic acids is 3. The van der Waals surface area contributed by atoms with Crippen molar-refractivity contribution in [1.82, 2.24) is 5.31 Å². The van der Waals surface area contributed by atoms with Gasteiger partial charge in [0.15, 0.2) is 7.20 Å². The Morgan fingerprint density at radius 2 is 1.85 bits per heavy atom. The van der Waals surface area contributed by atoms with E-state index in [4.69, 9.17) is 10.9 Å². The number of ketones is 1. The Hall–Kier alpha value is -2.02. The van der Waals surface area contributed by atoms with Crippen LogP contribution in [0.25, 0.3) is 0 Å². The number of amides is 1. The molecule has 0 bridgehead atoms. The quantitative estimate of drug-likeness (QED) is 0.507. The van der Waals surface area contributed by atoms with Gasteiger partial charge in [0, 0.05) is 0 Å². The molecule has 27 heavy (non-hydrogen) atoms. The van der Waals surface area contributed by atoms with E-state index in [2.05, 4.69) is 0 Å². The molecule has 150 valence electrons. The lowest BCUT2D eigenvalue weighted by Gasteiger charge is -2.24. The minimum Gasteiger partial charge on any atom is -0.459 e. The number of hydrogen-bond donors (Lipinski definition) is 1. The number of hydrogen-bond acceptors (Lipinski definition) is 6. The van der Waals surface area contributed by atoms with Crippen LogP contribution in [0.2, 0.25) is 1.41 Å². The Balaban J connectivity index is 2.82. The molecule has 0 saturated heterocycles. The Labute approximate surface area is 166 Å². The first-order chi connectivity index (χ1) is 13.1. The first kappa shape index (κ1) is 21.3. The molecule has 0 saturated carbocycles. The SMILES string of the molecule is [2H]N(C(=O)OCc1ccccc1)[C@@H](CCSC)C(=O)C(C)C(=O)OC(C)(C)C. The third kappa shape index (κ3) is 8.95. The largest absolute Gasteiger partial charge is 0.459 e. The van der Waals surface area contributed by atoms with E-state index in [1.807, 2.05) is 24.5 Å². The number of alkyl carbamates (subject to hydrolysis) is 1. The third-order valence-electron chi connectivity index (χ3n) is 3.58. The van der Waals surface area contributed by atoms with Crippen molar-refractivity contribution in [1.29, 1.82) is 0 Å². The van der Waals surface area contributed by atoms with Crippen molar-refractivity contribution in [2.45, 2.75) is 52.4 Å². The Morgan fingerprint density at radius 1 is 1.22 bits per heavy atom. The number of ether oxygens (including phenoxy) is 2. The molecule has 1 N–H and O–H groups in total. The number of Topliss-reactive ketones (excluding diaryl/α,β-unsaturated/α-hetero) is 1. The zero-order chi connectivity index (χ0) is 21.3. The third-order valence-corrected chi connectivity index (χ3v) is 4.22. The van der Waals surface area contributed by atoms with Crippen molar-refractivity contribution in [3.63, 3.8) is 0 Å². The van der Waals surface area contributed by atoms with Crippen LogP contribution >= 0.6 is 11.8 Å². The maximum absolute atomic E-state index is 12.8. The molecular formula is C20H29NO5S. The number of thioether (sulfide) groups is 1. The highest BCUT2D eigenvalue weighted by Crippen LogP contribution is 2.15. The second kappa shape index (κ2) is 11.0. The summed E-state index contributed by atoms with van der Waals surface area (Å²) in [6, 6.07) is 7.98. The molecule has 0 aliphatic rings. The van der Waals surface area contributed by atoms with Gasteiger partial charge in [0.2, 0.25) is 0 Å². The van der Waals surface area contributed by atoms with E-state index in [1.54, 1.807) is 32.9 Å². The average Bonchev–Trinajstić information content (AvgIpc) is 2.64. The van der Waals surface area contributed by atoms with Gasteiger partial charge in [0.05, 0.1) is 6.04 Å². The van der Waals surface area contributed by atoms with Crippen LogP contribution in [0.3, 0.4) is 0 Å². The van der Waals surface area contributed by atoms with Crippen molar-refractivity contribution >= 4 is 29.6 Å². The molecule has 0 aliphatic heterocycles. The number of rotatable bonds is 9. The molecule has 1 unspecified atom stereocenters. The number of esters is 1. The average molecular weight is 397 g/mol. The van der Waals surface area contributed by atoms with E-state index in [9.17, 15) is 14.4 Å². The van der Waals surface area contributed by atoms with Crippen LogP contribution in [0, 0.1) is 5.92 Å². The molecular weight excluding hydrogens is 366 g/mol. The number of carbonyl (C=O) groups is 3. The smallest absolute Gasteiger partial charge is 0.408 e. The van der Waals surface area contributed by atoms with E-state index in [0.29, 0.717) is 11.1 Å². The van der Waals surface area contributed by atoms with Crippen molar-refractivity contribution in [2.24, 2.45) is 5.92 Å². The number of benzene rings is 1. The standard InChI is InChI=1S/C20H29NO5S/c1-14(18(23)26-20(2,3)4)17(22)16(11-12-27-5)21-19(24)25-13-15-9-7-6-8-10-15/h6-10,14,16H,11-13H2,1-5H3,(H,21,24)/t14?,16-/m0/s1/i/hD. The molecule has 1 aromatic carbocycles. The predicted molar refractivity (Wildman–Crippen MR) is 107 cm³/mol. The van der Waals surface area contributed by atoms with Crippen LogP contribution in [0.15, 0.2) is 30.3 Å². The predicted octanol–water partition coefficient (Wildman–Crippen LogP) is 3.58. The lowest BCUT2D eigenvalue weighted by Crippen LogP contribution is -2.46. The Morgan fingerprint density at radius 3 is 2.41 bits per heavy atom. The zero-order valence-corrected chi connectivity index (χ0v) is 17.4. The highest BCUT2D eigenvalue weighted by atomic mass is 32.2. The zero-order valence-electron chi connectivity index (χ0n) is 17.6. The normalized spacial score (nSPS) is 13.9. The topological polar surface area (TPSA) is 81.7 Å². The lowest BCUT2D eigenvalue weighted by atomic mass is 9.98. The van der Waals surface area contributed by atoms with Crippen LogP contribution in [0.4, 0.5) is 4.79 Å². The summed E-state index contributed by atoms with van der Waals surface area (Å²) in [4.78, 5) is 37.3. The molecule has 1 aromatic rings. The van der Waals surface area contributed by atoms with Crippen LogP contribution in [-0.4, -0.2) is 41.5 Å². The van der Waals surface area contributed by atoms with E-state index in [-0.39, 0.29) is 13.0 Å². The van der Waals surface area contributed by atoms with Crippen LogP contribution in [-0.2, 0) is 25.7 Å². The highest BCUT2D eigenvalue weighted by molar-refractivity contribution is 7.98. The van der Waals surface area contributed by atoms with Crippen molar-refractivity contribution in [3.8, 4) is 0 Å². The van der Waals surface area contributed by atoms with Gasteiger partial charge in [-0.2, -0.15) is 11.8 Å². The fourth-order valence-electron chi connectivity index (χ4n) is 2.18. The fourth-order valence-corrected chi connectivity index (χ4v) is 2.64. The molecule has 0 spiro atoms. The van der Waals surface area contributed by atoms with Crippen molar-refractivity contribution < 1.29 is 25.3 Å². The maximum atomic E-state index is 12.8. The van der Waals surface area contributed by atoms with Gasteiger partial charge in [-0.15, -0.1) is 0 Å². The van der Waals surface area contributed by atoms with Crippen molar-refractivity contribution in [2.75, 3.05) is 12.0 Å². The Bertz CT molecular complexity index is 662. The Kier molecular flexibility index (Phi) is 8.64. The molecule has 2 atom stereocenters. The van der Waals surface area contributed by atoms with Crippen LogP contribution < -0.4 is 5.31 Å². The summed E-state index contributed by atoms with van der Waals surface area (Å²) in [6.07, 6.45) is 1.18. The van der Waals surface area contributed by atoms with Gasteiger partial charge in [0.25, 0.3) is 0 Å². The minimum atomic E-state index is -1.08. The van der Waals surface area contributed by atoms with Crippen molar-refractivity contribution in [3.05, 3.63) is 35.9 Å². The van der Waals surface area contributed by atoms with Gasteiger partial charge in [0.1, 0.15) is 18.1 Å². The first-order valence-electron chi connectivity index (χ1n) is 9.26. The summed E-state index contributed by atoms with van der Waals surface area (Å²) in [5, 5.41) is 0.530. The molecule has 0 heterocycles. The fraction of sp³-hybridized carbons (Fsp3) is 0.550. The van der Waals surface area contributed by atoms with E-state index in [1.165, 1.54) is 18.7 Å². The highest BCUT2D eigenvalue weighted by Gasteiger charge is 2.33. The summed E-state index contributed by atoms with van der Waals surface area (Å²) < 4.78 is 18.5. The molecule has 0 fully saturated rings. The molecule has 7 heteroatoms. The van der Waals surface area contributed by atoms with Crippen LogP contribution in [0.5, 0.6) is 0 Å². The van der Waals surface area contributed by atoms with E-state index >= 15 is 0 Å². The van der Waals surface area contributed by atoms with Gasteiger partial charge < -0.3 is 14.8 Å². The second-order valence-corrected chi connectivity index (χ2v) is 8.11. The molecule has 0 radical (unpaired) electrons. The van der Waals surface area contributed by atoms with Gasteiger partial charge in [-0.3, -0.25) is 9.59 Å².